The van der Waals surface area contributed by atoms with E-state index < -0.39 is 0 Å². The second kappa shape index (κ2) is 5.45. The van der Waals surface area contributed by atoms with Gasteiger partial charge in [-0.2, -0.15) is 5.10 Å². The van der Waals surface area contributed by atoms with Crippen LogP contribution in [-0.4, -0.2) is 56.3 Å². The quantitative estimate of drug-likeness (QED) is 0.758. The summed E-state index contributed by atoms with van der Waals surface area (Å²) in [5.74, 6) is 1.98. The molecule has 0 radical (unpaired) electrons. The van der Waals surface area contributed by atoms with Crippen molar-refractivity contribution in [1.29, 1.82) is 0 Å². The largest absolute Gasteiger partial charge is 0.353 e. The van der Waals surface area contributed by atoms with E-state index in [1.165, 1.54) is 0 Å². The van der Waals surface area contributed by atoms with Crippen LogP contribution in [0.1, 0.15) is 11.3 Å². The number of anilines is 2. The van der Waals surface area contributed by atoms with Crippen molar-refractivity contribution in [2.45, 2.75) is 13.8 Å². The second-order valence-corrected chi connectivity index (χ2v) is 5.71. The predicted octanol–water partition coefficient (Wildman–Crippen LogP) is 1.09. The number of nitrogens with zero attached hydrogens (tertiary/aromatic N) is 7. The van der Waals surface area contributed by atoms with Gasteiger partial charge in [0.05, 0.1) is 11.6 Å². The Balaban J connectivity index is 1.55. The predicted molar refractivity (Wildman–Crippen MR) is 87.6 cm³/mol. The van der Waals surface area contributed by atoms with Gasteiger partial charge in [0.15, 0.2) is 5.65 Å². The highest BCUT2D eigenvalue weighted by Gasteiger charge is 2.22. The van der Waals surface area contributed by atoms with Crippen molar-refractivity contribution in [2.24, 2.45) is 0 Å². The number of hydrogen-bond acceptors (Lipinski definition) is 7. The summed E-state index contributed by atoms with van der Waals surface area (Å²) in [5, 5.41) is 7.92. The highest BCUT2D eigenvalue weighted by Crippen LogP contribution is 2.24. The Morgan fingerprint density at radius 2 is 1.52 bits per heavy atom. The van der Waals surface area contributed by atoms with Crippen LogP contribution in [0.25, 0.3) is 11.0 Å². The van der Waals surface area contributed by atoms with E-state index in [-0.39, 0.29) is 0 Å². The Bertz CT molecular complexity index is 834. The third kappa shape index (κ3) is 2.36. The number of nitrogens with one attached hydrogen (secondary N) is 1. The third-order valence-electron chi connectivity index (χ3n) is 4.42. The zero-order valence-electron chi connectivity index (χ0n) is 13.2. The Morgan fingerprint density at radius 1 is 0.870 bits per heavy atom. The summed E-state index contributed by atoms with van der Waals surface area (Å²) in [5.41, 5.74) is 2.97. The standard InChI is InChI=1S/C15H18N8/c1-10-11(2)16-8-18-14(10)22-3-5-23(6-4-22)15-12-7-20-21-13(12)17-9-19-15/h7-9H,3-6H2,1-2H3,(H,17,19,20,21). The first kappa shape index (κ1) is 13.9. The highest BCUT2D eigenvalue weighted by molar-refractivity contribution is 5.86. The van der Waals surface area contributed by atoms with Crippen molar-refractivity contribution in [1.82, 2.24) is 30.1 Å². The number of rotatable bonds is 2. The van der Waals surface area contributed by atoms with Gasteiger partial charge in [0.25, 0.3) is 0 Å². The molecule has 1 aliphatic rings. The van der Waals surface area contributed by atoms with Gasteiger partial charge in [0, 0.05) is 37.4 Å². The number of H-pyrrole nitrogens is 1. The molecule has 4 rings (SSSR count). The van der Waals surface area contributed by atoms with Crippen LogP contribution in [0.2, 0.25) is 0 Å². The molecule has 0 atom stereocenters. The van der Waals surface area contributed by atoms with Gasteiger partial charge in [-0.25, -0.2) is 19.9 Å². The fraction of sp³-hybridized carbons (Fsp3) is 0.400. The first-order valence-corrected chi connectivity index (χ1v) is 7.66. The molecule has 8 heteroatoms. The first-order chi connectivity index (χ1) is 11.2. The highest BCUT2D eigenvalue weighted by atomic mass is 15.3. The van der Waals surface area contributed by atoms with Crippen molar-refractivity contribution < 1.29 is 0 Å². The fourth-order valence-corrected chi connectivity index (χ4v) is 2.98. The average molecular weight is 310 g/mol. The van der Waals surface area contributed by atoms with E-state index in [4.69, 9.17) is 0 Å². The van der Waals surface area contributed by atoms with Crippen molar-refractivity contribution in [3.05, 3.63) is 30.1 Å². The summed E-state index contributed by atoms with van der Waals surface area (Å²) in [4.78, 5) is 21.9. The molecule has 0 bridgehead atoms. The molecule has 0 aliphatic carbocycles. The van der Waals surface area contributed by atoms with Gasteiger partial charge in [0.2, 0.25) is 0 Å². The number of fused-ring (bicyclic) bond motifs is 1. The maximum absolute atomic E-state index is 4.46. The molecule has 3 aromatic rings. The van der Waals surface area contributed by atoms with Crippen LogP contribution >= 0.6 is 0 Å². The van der Waals surface area contributed by atoms with E-state index in [1.807, 2.05) is 6.92 Å². The molecule has 1 saturated heterocycles. The lowest BCUT2D eigenvalue weighted by Gasteiger charge is -2.36. The summed E-state index contributed by atoms with van der Waals surface area (Å²) in [6.07, 6.45) is 5.01. The number of piperazine rings is 1. The molecule has 0 aromatic carbocycles. The van der Waals surface area contributed by atoms with Gasteiger partial charge >= 0.3 is 0 Å². The van der Waals surface area contributed by atoms with Crippen molar-refractivity contribution in [3.63, 3.8) is 0 Å². The lowest BCUT2D eigenvalue weighted by Crippen LogP contribution is -2.47. The van der Waals surface area contributed by atoms with E-state index >= 15 is 0 Å². The van der Waals surface area contributed by atoms with Crippen molar-refractivity contribution in [3.8, 4) is 0 Å². The summed E-state index contributed by atoms with van der Waals surface area (Å²) >= 11 is 0. The topological polar surface area (TPSA) is 86.7 Å². The van der Waals surface area contributed by atoms with Gasteiger partial charge in [-0.15, -0.1) is 0 Å². The molecule has 0 saturated carbocycles. The minimum Gasteiger partial charge on any atom is -0.353 e. The first-order valence-electron chi connectivity index (χ1n) is 7.66. The van der Waals surface area contributed by atoms with Gasteiger partial charge in [0.1, 0.15) is 24.3 Å². The summed E-state index contributed by atoms with van der Waals surface area (Å²) < 4.78 is 0. The van der Waals surface area contributed by atoms with E-state index in [0.717, 1.165) is 60.1 Å². The minimum absolute atomic E-state index is 0.777. The molecule has 118 valence electrons. The van der Waals surface area contributed by atoms with Gasteiger partial charge in [-0.1, -0.05) is 0 Å². The second-order valence-electron chi connectivity index (χ2n) is 5.71. The van der Waals surface area contributed by atoms with Crippen LogP contribution in [0.3, 0.4) is 0 Å². The van der Waals surface area contributed by atoms with Crippen LogP contribution in [0.5, 0.6) is 0 Å². The molecule has 1 fully saturated rings. The lowest BCUT2D eigenvalue weighted by molar-refractivity contribution is 0.640. The van der Waals surface area contributed by atoms with Gasteiger partial charge < -0.3 is 9.80 Å². The van der Waals surface area contributed by atoms with Crippen LogP contribution in [0.4, 0.5) is 11.6 Å². The smallest absolute Gasteiger partial charge is 0.160 e. The van der Waals surface area contributed by atoms with Crippen molar-refractivity contribution in [2.75, 3.05) is 36.0 Å². The average Bonchev–Trinajstić information content (AvgIpc) is 3.06. The van der Waals surface area contributed by atoms with Gasteiger partial charge in [-0.3, -0.25) is 5.10 Å². The Labute approximate surface area is 133 Å². The van der Waals surface area contributed by atoms with E-state index in [2.05, 4.69) is 46.9 Å². The Hall–Kier alpha value is -2.77. The number of aromatic nitrogens is 6. The fourth-order valence-electron chi connectivity index (χ4n) is 2.98. The third-order valence-corrected chi connectivity index (χ3v) is 4.42. The number of aryl methyl sites for hydroxylation is 1. The van der Waals surface area contributed by atoms with E-state index in [0.29, 0.717) is 0 Å². The minimum atomic E-state index is 0.777. The molecule has 8 nitrogen and oxygen atoms in total. The summed E-state index contributed by atoms with van der Waals surface area (Å²) in [7, 11) is 0. The Kier molecular flexibility index (Phi) is 3.29. The van der Waals surface area contributed by atoms with Crippen LogP contribution in [0.15, 0.2) is 18.9 Å². The SMILES string of the molecule is Cc1ncnc(N2CCN(c3ncnc4[nH]ncc34)CC2)c1C. The molecule has 0 unspecified atom stereocenters. The lowest BCUT2D eigenvalue weighted by atomic mass is 10.2. The van der Waals surface area contributed by atoms with Crippen LogP contribution in [-0.2, 0) is 0 Å². The van der Waals surface area contributed by atoms with Crippen LogP contribution < -0.4 is 9.80 Å². The monoisotopic (exact) mass is 310 g/mol. The van der Waals surface area contributed by atoms with E-state index in [9.17, 15) is 0 Å². The molecule has 3 aromatic heterocycles. The number of aromatic amines is 1. The molecular weight excluding hydrogens is 292 g/mol. The number of hydrogen-bond donors (Lipinski definition) is 1. The normalized spacial score (nSPS) is 15.4. The zero-order chi connectivity index (χ0) is 15.8. The molecular formula is C15H18N8. The Morgan fingerprint density at radius 3 is 2.30 bits per heavy atom. The summed E-state index contributed by atoms with van der Waals surface area (Å²) in [6, 6.07) is 0. The zero-order valence-corrected chi connectivity index (χ0v) is 13.2. The maximum atomic E-state index is 4.46. The molecule has 0 spiro atoms. The van der Waals surface area contributed by atoms with Crippen LogP contribution in [0, 0.1) is 13.8 Å². The molecule has 0 amide bonds. The van der Waals surface area contributed by atoms with E-state index in [1.54, 1.807) is 18.9 Å². The molecule has 1 N–H and O–H groups in total. The summed E-state index contributed by atoms with van der Waals surface area (Å²) in [6.45, 7) is 7.69. The van der Waals surface area contributed by atoms with Crippen molar-refractivity contribution >= 4 is 22.7 Å². The van der Waals surface area contributed by atoms with Gasteiger partial charge in [-0.05, 0) is 13.8 Å². The molecule has 23 heavy (non-hydrogen) atoms. The maximum Gasteiger partial charge on any atom is 0.160 e. The molecule has 4 heterocycles. The molecule has 1 aliphatic heterocycles.